The SMILES string of the molecule is CC(C)c1ocnc1C(=O)NS(=O)(=O)CC1CCCCO1. The zero-order chi connectivity index (χ0) is 15.5. The minimum Gasteiger partial charge on any atom is -0.447 e. The van der Waals surface area contributed by atoms with Crippen LogP contribution in [0.4, 0.5) is 0 Å². The summed E-state index contributed by atoms with van der Waals surface area (Å²) in [7, 11) is -3.76. The molecule has 1 saturated heterocycles. The van der Waals surface area contributed by atoms with Gasteiger partial charge in [-0.05, 0) is 19.3 Å². The van der Waals surface area contributed by atoms with E-state index in [-0.39, 0.29) is 23.5 Å². The number of carbonyl (C=O) groups excluding carboxylic acids is 1. The van der Waals surface area contributed by atoms with Crippen LogP contribution in [-0.4, -0.2) is 37.8 Å². The van der Waals surface area contributed by atoms with Crippen LogP contribution in [0.5, 0.6) is 0 Å². The van der Waals surface area contributed by atoms with Gasteiger partial charge in [0.25, 0.3) is 5.91 Å². The highest BCUT2D eigenvalue weighted by molar-refractivity contribution is 7.90. The number of sulfonamides is 1. The fraction of sp³-hybridized carbons (Fsp3) is 0.692. The summed E-state index contributed by atoms with van der Waals surface area (Å²) in [6.45, 7) is 4.23. The maximum Gasteiger partial charge on any atom is 0.286 e. The Morgan fingerprint density at radius 3 is 2.86 bits per heavy atom. The molecular weight excluding hydrogens is 296 g/mol. The lowest BCUT2D eigenvalue weighted by molar-refractivity contribution is 0.0304. The van der Waals surface area contributed by atoms with Crippen LogP contribution in [0.1, 0.15) is 55.3 Å². The summed E-state index contributed by atoms with van der Waals surface area (Å²) < 4.78 is 36.6. The van der Waals surface area contributed by atoms with Gasteiger partial charge in [-0.2, -0.15) is 0 Å². The van der Waals surface area contributed by atoms with Crippen LogP contribution in [0.25, 0.3) is 0 Å². The minimum absolute atomic E-state index is 0.0122. The molecule has 118 valence electrons. The molecule has 1 fully saturated rings. The van der Waals surface area contributed by atoms with E-state index >= 15 is 0 Å². The molecule has 2 rings (SSSR count). The van der Waals surface area contributed by atoms with Crippen molar-refractivity contribution in [3.8, 4) is 0 Å². The molecule has 1 aromatic heterocycles. The zero-order valence-corrected chi connectivity index (χ0v) is 13.0. The molecule has 1 aliphatic rings. The molecule has 0 aromatic carbocycles. The van der Waals surface area contributed by atoms with E-state index in [1.54, 1.807) is 0 Å². The number of oxazole rings is 1. The van der Waals surface area contributed by atoms with Gasteiger partial charge < -0.3 is 9.15 Å². The Bertz CT molecular complexity index is 587. The molecule has 1 aliphatic heterocycles. The molecular formula is C13H20N2O5S. The van der Waals surface area contributed by atoms with Gasteiger partial charge in [0.05, 0.1) is 11.9 Å². The first-order valence-corrected chi connectivity index (χ1v) is 8.64. The molecule has 2 heterocycles. The largest absolute Gasteiger partial charge is 0.447 e. The summed E-state index contributed by atoms with van der Waals surface area (Å²) in [5.41, 5.74) is 0.0122. The second-order valence-electron chi connectivity index (χ2n) is 5.42. The normalized spacial score (nSPS) is 19.7. The number of carbonyl (C=O) groups is 1. The molecule has 0 bridgehead atoms. The van der Waals surface area contributed by atoms with E-state index in [9.17, 15) is 13.2 Å². The van der Waals surface area contributed by atoms with E-state index in [1.165, 1.54) is 0 Å². The summed E-state index contributed by atoms with van der Waals surface area (Å²) in [4.78, 5) is 15.8. The molecule has 0 radical (unpaired) electrons. The Balaban J connectivity index is 2.02. The lowest BCUT2D eigenvalue weighted by Gasteiger charge is -2.22. The summed E-state index contributed by atoms with van der Waals surface area (Å²) in [6, 6.07) is 0. The molecule has 8 heteroatoms. The van der Waals surface area contributed by atoms with Gasteiger partial charge >= 0.3 is 0 Å². The van der Waals surface area contributed by atoms with Crippen LogP contribution in [-0.2, 0) is 14.8 Å². The third-order valence-corrected chi connectivity index (χ3v) is 4.57. The van der Waals surface area contributed by atoms with E-state index in [1.807, 2.05) is 18.6 Å². The van der Waals surface area contributed by atoms with E-state index < -0.39 is 15.9 Å². The molecule has 0 aliphatic carbocycles. The Kier molecular flexibility index (Phi) is 5.00. The predicted octanol–water partition coefficient (Wildman–Crippen LogP) is 1.43. The topological polar surface area (TPSA) is 98.5 Å². The average Bonchev–Trinajstić information content (AvgIpc) is 2.88. The van der Waals surface area contributed by atoms with Crippen LogP contribution in [0.3, 0.4) is 0 Å². The van der Waals surface area contributed by atoms with Crippen molar-refractivity contribution in [1.82, 2.24) is 9.71 Å². The van der Waals surface area contributed by atoms with Crippen molar-refractivity contribution in [3.63, 3.8) is 0 Å². The van der Waals surface area contributed by atoms with Crippen molar-refractivity contribution in [2.45, 2.75) is 45.1 Å². The molecule has 1 aromatic rings. The smallest absolute Gasteiger partial charge is 0.286 e. The van der Waals surface area contributed by atoms with Gasteiger partial charge in [-0.15, -0.1) is 0 Å². The summed E-state index contributed by atoms with van der Waals surface area (Å²) >= 11 is 0. The van der Waals surface area contributed by atoms with Crippen LogP contribution in [0.15, 0.2) is 10.8 Å². The van der Waals surface area contributed by atoms with Gasteiger partial charge in [-0.25, -0.2) is 18.1 Å². The van der Waals surface area contributed by atoms with Crippen LogP contribution < -0.4 is 4.72 Å². The van der Waals surface area contributed by atoms with Crippen molar-refractivity contribution in [2.75, 3.05) is 12.4 Å². The Morgan fingerprint density at radius 1 is 1.48 bits per heavy atom. The molecule has 1 N–H and O–H groups in total. The van der Waals surface area contributed by atoms with Gasteiger partial charge in [-0.1, -0.05) is 13.8 Å². The number of nitrogens with one attached hydrogen (secondary N) is 1. The van der Waals surface area contributed by atoms with Gasteiger partial charge in [0, 0.05) is 12.5 Å². The fourth-order valence-electron chi connectivity index (χ4n) is 2.25. The minimum atomic E-state index is -3.76. The van der Waals surface area contributed by atoms with E-state index in [4.69, 9.17) is 9.15 Å². The van der Waals surface area contributed by atoms with E-state index in [0.29, 0.717) is 18.8 Å². The first kappa shape index (κ1) is 16.0. The molecule has 0 saturated carbocycles. The van der Waals surface area contributed by atoms with Crippen molar-refractivity contribution in [3.05, 3.63) is 17.8 Å². The fourth-order valence-corrected chi connectivity index (χ4v) is 3.46. The number of hydrogen-bond donors (Lipinski definition) is 1. The van der Waals surface area contributed by atoms with Crippen LogP contribution >= 0.6 is 0 Å². The summed E-state index contributed by atoms with van der Waals surface area (Å²) in [5.74, 6) is -0.661. The third-order valence-electron chi connectivity index (χ3n) is 3.26. The third kappa shape index (κ3) is 4.28. The van der Waals surface area contributed by atoms with Crippen molar-refractivity contribution < 1.29 is 22.4 Å². The zero-order valence-electron chi connectivity index (χ0n) is 12.2. The summed E-state index contributed by atoms with van der Waals surface area (Å²) in [5, 5.41) is 0. The molecule has 1 amide bonds. The highest BCUT2D eigenvalue weighted by Gasteiger charge is 2.27. The summed E-state index contributed by atoms with van der Waals surface area (Å²) in [6.07, 6.45) is 3.36. The van der Waals surface area contributed by atoms with Gasteiger partial charge in [0.1, 0.15) is 5.76 Å². The van der Waals surface area contributed by atoms with Gasteiger partial charge in [0.15, 0.2) is 12.1 Å². The molecule has 0 spiro atoms. The monoisotopic (exact) mass is 316 g/mol. The Morgan fingerprint density at radius 2 is 2.24 bits per heavy atom. The van der Waals surface area contributed by atoms with Gasteiger partial charge in [0.2, 0.25) is 10.0 Å². The second kappa shape index (κ2) is 6.57. The van der Waals surface area contributed by atoms with E-state index in [0.717, 1.165) is 19.2 Å². The maximum absolute atomic E-state index is 12.0. The molecule has 7 nitrogen and oxygen atoms in total. The standard InChI is InChI=1S/C13H20N2O5S/c1-9(2)12-11(14-8-20-12)13(16)15-21(17,18)7-10-5-3-4-6-19-10/h8-10H,3-7H2,1-2H3,(H,15,16). The predicted molar refractivity (Wildman–Crippen MR) is 75.4 cm³/mol. The number of hydrogen-bond acceptors (Lipinski definition) is 6. The second-order valence-corrected chi connectivity index (χ2v) is 7.19. The van der Waals surface area contributed by atoms with Gasteiger partial charge in [-0.3, -0.25) is 4.79 Å². The van der Waals surface area contributed by atoms with Crippen LogP contribution in [0, 0.1) is 0 Å². The molecule has 1 atom stereocenters. The molecule has 1 unspecified atom stereocenters. The highest BCUT2D eigenvalue weighted by Crippen LogP contribution is 2.19. The lowest BCUT2D eigenvalue weighted by Crippen LogP contribution is -2.38. The Hall–Kier alpha value is -1.41. The maximum atomic E-state index is 12.0. The van der Waals surface area contributed by atoms with E-state index in [2.05, 4.69) is 4.98 Å². The quantitative estimate of drug-likeness (QED) is 0.882. The number of rotatable bonds is 5. The number of amides is 1. The average molecular weight is 316 g/mol. The van der Waals surface area contributed by atoms with Crippen molar-refractivity contribution >= 4 is 15.9 Å². The van der Waals surface area contributed by atoms with Crippen molar-refractivity contribution in [2.24, 2.45) is 0 Å². The first-order valence-electron chi connectivity index (χ1n) is 6.99. The molecule has 21 heavy (non-hydrogen) atoms. The first-order chi connectivity index (χ1) is 9.89. The highest BCUT2D eigenvalue weighted by atomic mass is 32.2. The number of aromatic nitrogens is 1. The van der Waals surface area contributed by atoms with Crippen molar-refractivity contribution in [1.29, 1.82) is 0 Å². The number of ether oxygens (including phenoxy) is 1. The number of nitrogens with zero attached hydrogens (tertiary/aromatic N) is 1. The Labute approximate surface area is 124 Å². The van der Waals surface area contributed by atoms with Crippen LogP contribution in [0.2, 0.25) is 0 Å². The lowest BCUT2D eigenvalue weighted by atomic mass is 10.1.